The molecule has 0 aliphatic rings. The molecule has 6 nitrogen and oxygen atoms in total. The molecule has 1 aromatic carbocycles. The van der Waals surface area contributed by atoms with Crippen molar-refractivity contribution in [2.24, 2.45) is 0 Å². The third-order valence-electron chi connectivity index (χ3n) is 3.78. The van der Waals surface area contributed by atoms with Crippen molar-refractivity contribution in [3.8, 4) is 0 Å². The smallest absolute Gasteiger partial charge is 0.250 e. The van der Waals surface area contributed by atoms with Gasteiger partial charge in [0.1, 0.15) is 17.3 Å². The number of hydrogen-bond acceptors (Lipinski definition) is 4. The van der Waals surface area contributed by atoms with Gasteiger partial charge in [-0.2, -0.15) is 0 Å². The van der Waals surface area contributed by atoms with E-state index in [1.165, 1.54) is 56.0 Å². The standard InChI is InChI=1S/C21H17FN2O4/c1-24(21(26)11-8-17-5-3-13-28-17)19-9-6-15(14-18(19)22)23-20(25)10-7-16-4-2-12-27-16/h2-14H,1H3,(H,23,25)/b10-7+,11-8+. The highest BCUT2D eigenvalue weighted by Crippen LogP contribution is 2.22. The van der Waals surface area contributed by atoms with Crippen LogP contribution in [0.3, 0.4) is 0 Å². The predicted molar refractivity (Wildman–Crippen MR) is 104 cm³/mol. The van der Waals surface area contributed by atoms with Crippen molar-refractivity contribution >= 4 is 35.3 Å². The van der Waals surface area contributed by atoms with Crippen LogP contribution in [-0.2, 0) is 9.59 Å². The maximum absolute atomic E-state index is 14.4. The van der Waals surface area contributed by atoms with Gasteiger partial charge >= 0.3 is 0 Å². The fraction of sp³-hybridized carbons (Fsp3) is 0.0476. The first-order chi connectivity index (χ1) is 13.5. The number of carbonyl (C=O) groups excluding carboxylic acids is 2. The van der Waals surface area contributed by atoms with Gasteiger partial charge < -0.3 is 19.1 Å². The van der Waals surface area contributed by atoms with Crippen molar-refractivity contribution in [1.82, 2.24) is 0 Å². The topological polar surface area (TPSA) is 75.7 Å². The second-order valence-electron chi connectivity index (χ2n) is 5.75. The molecule has 2 aromatic heterocycles. The van der Waals surface area contributed by atoms with Crippen LogP contribution in [0.4, 0.5) is 15.8 Å². The van der Waals surface area contributed by atoms with Gasteiger partial charge in [-0.15, -0.1) is 0 Å². The fourth-order valence-corrected chi connectivity index (χ4v) is 2.35. The fourth-order valence-electron chi connectivity index (χ4n) is 2.35. The Balaban J connectivity index is 1.64. The Kier molecular flexibility index (Phi) is 5.86. The molecule has 0 aliphatic carbocycles. The molecule has 28 heavy (non-hydrogen) atoms. The molecule has 0 radical (unpaired) electrons. The molecule has 142 valence electrons. The SMILES string of the molecule is CN(C(=O)/C=C/c1ccco1)c1ccc(NC(=O)/C=C/c2ccco2)cc1F. The minimum absolute atomic E-state index is 0.0817. The number of benzene rings is 1. The lowest BCUT2D eigenvalue weighted by molar-refractivity contribution is -0.114. The lowest BCUT2D eigenvalue weighted by Gasteiger charge is -2.16. The molecule has 0 saturated carbocycles. The van der Waals surface area contributed by atoms with Gasteiger partial charge in [0.05, 0.1) is 18.2 Å². The summed E-state index contributed by atoms with van der Waals surface area (Å²) >= 11 is 0. The van der Waals surface area contributed by atoms with Crippen LogP contribution in [0.25, 0.3) is 12.2 Å². The number of anilines is 2. The third kappa shape index (κ3) is 4.85. The van der Waals surface area contributed by atoms with Crippen LogP contribution in [0.2, 0.25) is 0 Å². The minimum atomic E-state index is -0.643. The Bertz CT molecular complexity index is 1010. The largest absolute Gasteiger partial charge is 0.465 e. The van der Waals surface area contributed by atoms with Crippen molar-refractivity contribution in [3.05, 3.63) is 84.5 Å². The quantitative estimate of drug-likeness (QED) is 0.646. The van der Waals surface area contributed by atoms with Gasteiger partial charge in [-0.25, -0.2) is 4.39 Å². The van der Waals surface area contributed by atoms with Crippen LogP contribution >= 0.6 is 0 Å². The van der Waals surface area contributed by atoms with E-state index in [1.807, 2.05) is 0 Å². The highest BCUT2D eigenvalue weighted by Gasteiger charge is 2.14. The van der Waals surface area contributed by atoms with Gasteiger partial charge in [-0.05, 0) is 54.6 Å². The number of rotatable bonds is 6. The van der Waals surface area contributed by atoms with Crippen LogP contribution < -0.4 is 10.2 Å². The van der Waals surface area contributed by atoms with Crippen molar-refractivity contribution in [3.63, 3.8) is 0 Å². The van der Waals surface area contributed by atoms with E-state index in [0.29, 0.717) is 11.5 Å². The molecule has 7 heteroatoms. The summed E-state index contributed by atoms with van der Waals surface area (Å²) in [6.45, 7) is 0. The summed E-state index contributed by atoms with van der Waals surface area (Å²) in [7, 11) is 1.46. The van der Waals surface area contributed by atoms with Gasteiger partial charge in [-0.3, -0.25) is 9.59 Å². The molecule has 0 fully saturated rings. The van der Waals surface area contributed by atoms with E-state index >= 15 is 0 Å². The maximum atomic E-state index is 14.4. The molecule has 0 unspecified atom stereocenters. The van der Waals surface area contributed by atoms with Crippen molar-refractivity contribution < 1.29 is 22.8 Å². The van der Waals surface area contributed by atoms with E-state index in [0.717, 1.165) is 11.0 Å². The van der Waals surface area contributed by atoms with Gasteiger partial charge in [0, 0.05) is 24.9 Å². The first kappa shape index (κ1) is 18.9. The van der Waals surface area contributed by atoms with Gasteiger partial charge in [0.15, 0.2) is 0 Å². The molecule has 1 N–H and O–H groups in total. The Morgan fingerprint density at radius 3 is 2.21 bits per heavy atom. The van der Waals surface area contributed by atoms with E-state index in [9.17, 15) is 14.0 Å². The molecule has 0 atom stereocenters. The number of likely N-dealkylation sites (N-methyl/N-ethyl adjacent to an activating group) is 1. The zero-order valence-corrected chi connectivity index (χ0v) is 15.0. The van der Waals surface area contributed by atoms with Crippen LogP contribution in [0.5, 0.6) is 0 Å². The Labute approximate surface area is 160 Å². The van der Waals surface area contributed by atoms with Gasteiger partial charge in [0.25, 0.3) is 5.91 Å². The molecule has 3 rings (SSSR count). The number of amides is 2. The average Bonchev–Trinajstić information content (AvgIpc) is 3.38. The van der Waals surface area contributed by atoms with Crippen LogP contribution in [0, 0.1) is 5.82 Å². The summed E-state index contributed by atoms with van der Waals surface area (Å²) in [5.41, 5.74) is 0.348. The molecule has 0 saturated heterocycles. The van der Waals surface area contributed by atoms with E-state index in [1.54, 1.807) is 24.3 Å². The first-order valence-corrected chi connectivity index (χ1v) is 8.34. The molecule has 2 amide bonds. The maximum Gasteiger partial charge on any atom is 0.250 e. The normalized spacial score (nSPS) is 11.2. The van der Waals surface area contributed by atoms with Gasteiger partial charge in [-0.1, -0.05) is 0 Å². The second-order valence-corrected chi connectivity index (χ2v) is 5.75. The molecule has 3 aromatic rings. The highest BCUT2D eigenvalue weighted by molar-refractivity contribution is 6.04. The summed E-state index contributed by atoms with van der Waals surface area (Å²) in [6, 6.07) is 10.9. The average molecular weight is 380 g/mol. The number of hydrogen-bond donors (Lipinski definition) is 1. The summed E-state index contributed by atoms with van der Waals surface area (Å²) in [5, 5.41) is 2.55. The number of carbonyl (C=O) groups is 2. The summed E-state index contributed by atoms with van der Waals surface area (Å²) in [5.74, 6) is -0.458. The van der Waals surface area contributed by atoms with Crippen LogP contribution in [-0.4, -0.2) is 18.9 Å². The monoisotopic (exact) mass is 380 g/mol. The van der Waals surface area contributed by atoms with E-state index < -0.39 is 17.6 Å². The zero-order valence-electron chi connectivity index (χ0n) is 15.0. The second kappa shape index (κ2) is 8.68. The van der Waals surface area contributed by atoms with Crippen LogP contribution in [0.1, 0.15) is 11.5 Å². The van der Waals surface area contributed by atoms with Crippen molar-refractivity contribution in [1.29, 1.82) is 0 Å². The highest BCUT2D eigenvalue weighted by atomic mass is 19.1. The zero-order chi connectivity index (χ0) is 19.9. The Morgan fingerprint density at radius 1 is 1.00 bits per heavy atom. The lowest BCUT2D eigenvalue weighted by Crippen LogP contribution is -2.25. The first-order valence-electron chi connectivity index (χ1n) is 8.34. The lowest BCUT2D eigenvalue weighted by atomic mass is 10.2. The Morgan fingerprint density at radius 2 is 1.64 bits per heavy atom. The molecule has 2 heterocycles. The van der Waals surface area contributed by atoms with E-state index in [2.05, 4.69) is 5.32 Å². The Hall–Kier alpha value is -3.87. The summed E-state index contributed by atoms with van der Waals surface area (Å²) < 4.78 is 24.6. The summed E-state index contributed by atoms with van der Waals surface area (Å²) in [6.07, 6.45) is 8.54. The van der Waals surface area contributed by atoms with E-state index in [4.69, 9.17) is 8.83 Å². The molecular weight excluding hydrogens is 363 g/mol. The molecule has 0 aliphatic heterocycles. The number of furan rings is 2. The van der Waals surface area contributed by atoms with E-state index in [-0.39, 0.29) is 11.4 Å². The predicted octanol–water partition coefficient (Wildman–Crippen LogP) is 4.34. The van der Waals surface area contributed by atoms with Crippen molar-refractivity contribution in [2.45, 2.75) is 0 Å². The minimum Gasteiger partial charge on any atom is -0.465 e. The number of halogens is 1. The van der Waals surface area contributed by atoms with Crippen LogP contribution in [0.15, 0.2) is 76.0 Å². The third-order valence-corrected chi connectivity index (χ3v) is 3.78. The van der Waals surface area contributed by atoms with Crippen molar-refractivity contribution in [2.75, 3.05) is 17.3 Å². The molecular formula is C21H17FN2O4. The molecule has 0 bridgehead atoms. The summed E-state index contributed by atoms with van der Waals surface area (Å²) in [4.78, 5) is 25.3. The van der Waals surface area contributed by atoms with Gasteiger partial charge in [0.2, 0.25) is 5.91 Å². The number of nitrogens with zero attached hydrogens (tertiary/aromatic N) is 1. The molecule has 0 spiro atoms. The number of nitrogens with one attached hydrogen (secondary N) is 1.